The number of Topliss-reactive ketones (excluding diaryl/α,β-unsaturated/α-hetero) is 1. The maximum absolute atomic E-state index is 13.7. The van der Waals surface area contributed by atoms with Gasteiger partial charge in [0.2, 0.25) is 6.79 Å². The van der Waals surface area contributed by atoms with Crippen LogP contribution in [0.15, 0.2) is 39.1 Å². The molecule has 0 radical (unpaired) electrons. The van der Waals surface area contributed by atoms with Crippen molar-refractivity contribution in [3.05, 3.63) is 44.7 Å². The molecular weight excluding hydrogens is 482 g/mol. The minimum atomic E-state index is -0.947. The van der Waals surface area contributed by atoms with Crippen molar-refractivity contribution in [1.29, 1.82) is 0 Å². The molecule has 2 heterocycles. The molecule has 4 rings (SSSR count). The second-order valence-electron chi connectivity index (χ2n) is 7.98. The zero-order valence-electron chi connectivity index (χ0n) is 18.2. The largest absolute Gasteiger partial charge is 0.468 e. The number of ketones is 1. The summed E-state index contributed by atoms with van der Waals surface area (Å²) in [6.45, 7) is 5.63. The number of hydrogen-bond acceptors (Lipinski definition) is 8. The third-order valence-electron chi connectivity index (χ3n) is 6.04. The Morgan fingerprint density at radius 1 is 1.25 bits per heavy atom. The number of nitrogens with one attached hydrogen (secondary N) is 1. The number of esters is 2. The average Bonchev–Trinajstić information content (AvgIpc) is 3.19. The van der Waals surface area contributed by atoms with Crippen LogP contribution in [0.4, 0.5) is 0 Å². The number of hydrogen-bond donors (Lipinski definition) is 1. The Kier molecular flexibility index (Phi) is 6.03. The second kappa shape index (κ2) is 8.61. The van der Waals surface area contributed by atoms with Crippen molar-refractivity contribution >= 4 is 33.7 Å². The number of allylic oxidation sites excluding steroid dienone is 3. The monoisotopic (exact) mass is 505 g/mol. The first-order chi connectivity index (χ1) is 15.3. The summed E-state index contributed by atoms with van der Waals surface area (Å²) in [7, 11) is 1.27. The fourth-order valence-corrected chi connectivity index (χ4v) is 5.18. The highest BCUT2D eigenvalue weighted by atomic mass is 79.9. The number of dihydropyridines is 1. The highest BCUT2D eigenvalue weighted by molar-refractivity contribution is 9.10. The summed E-state index contributed by atoms with van der Waals surface area (Å²) < 4.78 is 21.9. The third kappa shape index (κ3) is 3.58. The molecule has 0 bridgehead atoms. The van der Waals surface area contributed by atoms with E-state index in [2.05, 4.69) is 21.2 Å². The van der Waals surface area contributed by atoms with Crippen molar-refractivity contribution in [2.75, 3.05) is 20.5 Å². The number of halogens is 1. The number of carbonyl (C=O) groups is 3. The summed E-state index contributed by atoms with van der Waals surface area (Å²) in [6, 6.07) is 3.52. The van der Waals surface area contributed by atoms with Gasteiger partial charge in [0.05, 0.1) is 19.3 Å². The molecule has 3 aliphatic rings. The van der Waals surface area contributed by atoms with Crippen molar-refractivity contribution in [3.8, 4) is 11.5 Å². The minimum absolute atomic E-state index is 0.0891. The van der Waals surface area contributed by atoms with Crippen molar-refractivity contribution < 1.29 is 33.3 Å². The van der Waals surface area contributed by atoms with Gasteiger partial charge in [0.15, 0.2) is 17.3 Å². The van der Waals surface area contributed by atoms with Gasteiger partial charge in [-0.15, -0.1) is 0 Å². The van der Waals surface area contributed by atoms with Gasteiger partial charge in [-0.25, -0.2) is 4.79 Å². The molecule has 1 aromatic carbocycles. The van der Waals surface area contributed by atoms with Crippen LogP contribution in [0.25, 0.3) is 0 Å². The molecule has 0 aromatic heterocycles. The van der Waals surface area contributed by atoms with Crippen LogP contribution in [0.5, 0.6) is 11.5 Å². The van der Waals surface area contributed by atoms with Crippen LogP contribution >= 0.6 is 15.9 Å². The van der Waals surface area contributed by atoms with Crippen molar-refractivity contribution in [2.45, 2.75) is 33.1 Å². The molecule has 0 saturated carbocycles. The molecule has 0 unspecified atom stereocenters. The maximum atomic E-state index is 13.7. The van der Waals surface area contributed by atoms with E-state index >= 15 is 0 Å². The fourth-order valence-electron chi connectivity index (χ4n) is 4.63. The van der Waals surface area contributed by atoms with E-state index in [0.29, 0.717) is 50.5 Å². The van der Waals surface area contributed by atoms with Crippen molar-refractivity contribution in [3.63, 3.8) is 0 Å². The number of rotatable bonds is 4. The van der Waals surface area contributed by atoms with E-state index in [1.54, 1.807) is 26.0 Å². The van der Waals surface area contributed by atoms with E-state index < -0.39 is 23.8 Å². The minimum Gasteiger partial charge on any atom is -0.468 e. The Morgan fingerprint density at radius 2 is 1.94 bits per heavy atom. The normalized spacial score (nSPS) is 24.2. The van der Waals surface area contributed by atoms with Gasteiger partial charge in [-0.2, -0.15) is 0 Å². The molecule has 8 nitrogen and oxygen atoms in total. The molecular formula is C23H24BrNO7. The van der Waals surface area contributed by atoms with Gasteiger partial charge in [-0.1, -0.05) is 22.9 Å². The molecule has 170 valence electrons. The lowest BCUT2D eigenvalue weighted by Gasteiger charge is -2.38. The molecule has 2 aliphatic heterocycles. The van der Waals surface area contributed by atoms with Crippen molar-refractivity contribution in [1.82, 2.24) is 5.32 Å². The van der Waals surface area contributed by atoms with Crippen LogP contribution in [-0.4, -0.2) is 38.2 Å². The zero-order chi connectivity index (χ0) is 23.2. The van der Waals surface area contributed by atoms with Crippen LogP contribution in [0.1, 0.15) is 38.7 Å². The number of ether oxygens (including phenoxy) is 4. The van der Waals surface area contributed by atoms with Gasteiger partial charge in [0.25, 0.3) is 0 Å². The average molecular weight is 506 g/mol. The number of benzene rings is 1. The second-order valence-corrected chi connectivity index (χ2v) is 8.84. The zero-order valence-corrected chi connectivity index (χ0v) is 19.8. The Bertz CT molecular complexity index is 1070. The summed E-state index contributed by atoms with van der Waals surface area (Å²) in [6.07, 6.45) is 0.465. The molecule has 32 heavy (non-hydrogen) atoms. The van der Waals surface area contributed by atoms with Crippen LogP contribution in [0.3, 0.4) is 0 Å². The van der Waals surface area contributed by atoms with Crippen LogP contribution in [0.2, 0.25) is 0 Å². The van der Waals surface area contributed by atoms with E-state index in [4.69, 9.17) is 18.9 Å². The Labute approximate surface area is 194 Å². The molecule has 9 heteroatoms. The smallest absolute Gasteiger partial charge is 0.336 e. The molecule has 1 N–H and O–H groups in total. The Hall–Kier alpha value is -2.81. The lowest BCUT2D eigenvalue weighted by atomic mass is 9.69. The van der Waals surface area contributed by atoms with E-state index in [-0.39, 0.29) is 25.1 Å². The number of fused-ring (bicyclic) bond motifs is 1. The van der Waals surface area contributed by atoms with Crippen LogP contribution < -0.4 is 14.8 Å². The third-order valence-corrected chi connectivity index (χ3v) is 6.73. The maximum Gasteiger partial charge on any atom is 0.336 e. The van der Waals surface area contributed by atoms with Gasteiger partial charge < -0.3 is 24.3 Å². The highest BCUT2D eigenvalue weighted by Crippen LogP contribution is 2.49. The fraction of sp³-hybridized carbons (Fsp3) is 0.435. The highest BCUT2D eigenvalue weighted by Gasteiger charge is 2.47. The van der Waals surface area contributed by atoms with Gasteiger partial charge in [-0.05, 0) is 43.9 Å². The van der Waals surface area contributed by atoms with E-state index in [9.17, 15) is 14.4 Å². The molecule has 0 fully saturated rings. The summed E-state index contributed by atoms with van der Waals surface area (Å²) in [4.78, 5) is 39.2. The Morgan fingerprint density at radius 3 is 2.59 bits per heavy atom. The molecule has 1 aliphatic carbocycles. The lowest BCUT2D eigenvalue weighted by Crippen LogP contribution is -2.43. The van der Waals surface area contributed by atoms with E-state index in [0.717, 1.165) is 0 Å². The lowest BCUT2D eigenvalue weighted by molar-refractivity contribution is -0.151. The van der Waals surface area contributed by atoms with Crippen molar-refractivity contribution in [2.24, 2.45) is 11.8 Å². The predicted octanol–water partition coefficient (Wildman–Crippen LogP) is 3.35. The molecule has 0 spiro atoms. The summed E-state index contributed by atoms with van der Waals surface area (Å²) in [5, 5.41) is 3.23. The first-order valence-electron chi connectivity index (χ1n) is 10.4. The quantitative estimate of drug-likeness (QED) is 0.491. The van der Waals surface area contributed by atoms with Gasteiger partial charge >= 0.3 is 11.9 Å². The van der Waals surface area contributed by atoms with Gasteiger partial charge in [0.1, 0.15) is 5.92 Å². The molecule has 1 aromatic rings. The van der Waals surface area contributed by atoms with E-state index in [1.165, 1.54) is 7.11 Å². The number of methoxy groups -OCH3 is 1. The summed E-state index contributed by atoms with van der Waals surface area (Å²) >= 11 is 3.57. The Balaban J connectivity index is 1.92. The summed E-state index contributed by atoms with van der Waals surface area (Å²) in [5.74, 6) is -2.33. The predicted molar refractivity (Wildman–Crippen MR) is 117 cm³/mol. The topological polar surface area (TPSA) is 100 Å². The first-order valence-corrected chi connectivity index (χ1v) is 11.2. The number of carbonyl (C=O) groups excluding carboxylic acids is 3. The van der Waals surface area contributed by atoms with E-state index in [1.807, 2.05) is 6.92 Å². The van der Waals surface area contributed by atoms with Crippen LogP contribution in [0, 0.1) is 11.8 Å². The molecule has 3 atom stereocenters. The SMILES string of the molecule is CCOC(=O)C1=C(C)NC2=C(C(=O)[C@@H](C(=O)OC)[C@H](C)C2)[C@H]1c1cc2c(cc1Br)OCO2. The summed E-state index contributed by atoms with van der Waals surface area (Å²) in [5.41, 5.74) is 2.64. The standard InChI is InChI=1S/C23H24BrNO7/c1-5-30-23(28)18-11(3)25-14-6-10(2)17(22(27)29-4)21(26)20(14)19(18)12-7-15-16(8-13(12)24)32-9-31-15/h7-8,10,17,19,25H,5-6,9H2,1-4H3/t10-,17+,19+/m1/s1. The van der Waals surface area contributed by atoms with Crippen LogP contribution in [-0.2, 0) is 23.9 Å². The first kappa shape index (κ1) is 22.4. The molecule has 0 amide bonds. The molecule has 0 saturated heterocycles. The van der Waals surface area contributed by atoms with Gasteiger partial charge in [0, 0.05) is 27.4 Å². The van der Waals surface area contributed by atoms with Gasteiger partial charge in [-0.3, -0.25) is 9.59 Å².